The summed E-state index contributed by atoms with van der Waals surface area (Å²) in [4.78, 5) is 12.7. The highest BCUT2D eigenvalue weighted by Gasteiger charge is 2.15. The van der Waals surface area contributed by atoms with Gasteiger partial charge >= 0.3 is 0 Å². The number of carbonyl (C=O) groups is 1. The lowest BCUT2D eigenvalue weighted by Gasteiger charge is -2.11. The molecule has 2 aromatic rings. The molecule has 0 atom stereocenters. The summed E-state index contributed by atoms with van der Waals surface area (Å²) < 4.78 is 0. The minimum atomic E-state index is -0.0573. The van der Waals surface area contributed by atoms with Crippen LogP contribution in [-0.4, -0.2) is 42.3 Å². The van der Waals surface area contributed by atoms with Crippen molar-refractivity contribution in [1.29, 1.82) is 0 Å². The third-order valence-corrected chi connectivity index (χ3v) is 4.49. The summed E-state index contributed by atoms with van der Waals surface area (Å²) in [7, 11) is 0. The molecular formula is C22H29NO3. The zero-order valence-corrected chi connectivity index (χ0v) is 15.3. The summed E-state index contributed by atoms with van der Waals surface area (Å²) in [5.74, 6) is -0.0573. The Morgan fingerprint density at radius 3 is 1.58 bits per heavy atom. The number of nitrogens with one attached hydrogen (secondary N) is 1. The van der Waals surface area contributed by atoms with E-state index in [1.54, 1.807) is 12.1 Å². The first-order chi connectivity index (χ1) is 12.8. The van der Waals surface area contributed by atoms with Crippen LogP contribution in [0, 0.1) is 0 Å². The monoisotopic (exact) mass is 355 g/mol. The van der Waals surface area contributed by atoms with Crippen molar-refractivity contribution in [3.8, 4) is 0 Å². The van der Waals surface area contributed by atoms with E-state index in [0.29, 0.717) is 24.0 Å². The number of aliphatic hydroxyl groups is 2. The molecule has 2 aromatic carbocycles. The largest absolute Gasteiger partial charge is 0.396 e. The molecule has 1 aliphatic heterocycles. The molecule has 0 aromatic heterocycles. The Morgan fingerprint density at radius 1 is 0.769 bits per heavy atom. The van der Waals surface area contributed by atoms with Crippen molar-refractivity contribution in [3.63, 3.8) is 0 Å². The average Bonchev–Trinajstić information content (AvgIpc) is 2.71. The summed E-state index contributed by atoms with van der Waals surface area (Å²) in [5, 5.41) is 21.5. The first-order valence-electron chi connectivity index (χ1n) is 9.41. The average molecular weight is 355 g/mol. The Morgan fingerprint density at radius 2 is 1.23 bits per heavy atom. The maximum absolute atomic E-state index is 12.7. The fourth-order valence-electron chi connectivity index (χ4n) is 3.11. The third-order valence-electron chi connectivity index (χ3n) is 4.49. The fraction of sp³-hybridized carbons (Fsp3) is 0.409. The highest BCUT2D eigenvalue weighted by Crippen LogP contribution is 2.18. The van der Waals surface area contributed by atoms with Gasteiger partial charge in [-0.05, 0) is 49.9 Å². The molecule has 0 amide bonds. The molecule has 1 heterocycles. The van der Waals surface area contributed by atoms with Crippen LogP contribution in [0.15, 0.2) is 48.5 Å². The predicted octanol–water partition coefficient (Wildman–Crippen LogP) is 2.75. The van der Waals surface area contributed by atoms with Crippen LogP contribution in [0.4, 0.5) is 0 Å². The molecular weight excluding hydrogens is 326 g/mol. The van der Waals surface area contributed by atoms with Gasteiger partial charge in [-0.2, -0.15) is 0 Å². The molecule has 3 N–H and O–H groups in total. The SMILES string of the molecule is C1CCNCC1.O=C(c1ccccc1CCO)c1ccccc1CCO. The number of ketones is 1. The second-order valence-electron chi connectivity index (χ2n) is 6.40. The van der Waals surface area contributed by atoms with Gasteiger partial charge in [-0.15, -0.1) is 0 Å². The molecule has 1 aliphatic rings. The van der Waals surface area contributed by atoms with E-state index in [9.17, 15) is 4.79 Å². The fourth-order valence-corrected chi connectivity index (χ4v) is 3.11. The van der Waals surface area contributed by atoms with Crippen LogP contribution in [0.5, 0.6) is 0 Å². The molecule has 4 nitrogen and oxygen atoms in total. The molecule has 0 saturated carbocycles. The summed E-state index contributed by atoms with van der Waals surface area (Å²) in [5.41, 5.74) is 2.93. The Kier molecular flexibility index (Phi) is 9.04. The van der Waals surface area contributed by atoms with Crippen LogP contribution in [-0.2, 0) is 12.8 Å². The second-order valence-corrected chi connectivity index (χ2v) is 6.40. The lowest BCUT2D eigenvalue weighted by atomic mass is 9.93. The van der Waals surface area contributed by atoms with Gasteiger partial charge in [-0.1, -0.05) is 55.0 Å². The van der Waals surface area contributed by atoms with Crippen LogP contribution in [0.1, 0.15) is 46.3 Å². The van der Waals surface area contributed by atoms with Gasteiger partial charge in [0.1, 0.15) is 0 Å². The van der Waals surface area contributed by atoms with E-state index >= 15 is 0 Å². The molecule has 0 unspecified atom stereocenters. The summed E-state index contributed by atoms with van der Waals surface area (Å²) in [6, 6.07) is 14.6. The van der Waals surface area contributed by atoms with Gasteiger partial charge in [0.05, 0.1) is 0 Å². The van der Waals surface area contributed by atoms with Gasteiger partial charge < -0.3 is 15.5 Å². The smallest absolute Gasteiger partial charge is 0.193 e. The Labute approximate surface area is 155 Å². The summed E-state index contributed by atoms with van der Waals surface area (Å²) >= 11 is 0. The van der Waals surface area contributed by atoms with Gasteiger partial charge in [0.2, 0.25) is 0 Å². The number of benzene rings is 2. The van der Waals surface area contributed by atoms with E-state index in [2.05, 4.69) is 5.32 Å². The minimum absolute atomic E-state index is 0.0164. The topological polar surface area (TPSA) is 69.6 Å². The lowest BCUT2D eigenvalue weighted by Crippen LogP contribution is -2.21. The quantitative estimate of drug-likeness (QED) is 0.697. The molecule has 0 bridgehead atoms. The number of rotatable bonds is 6. The molecule has 3 rings (SSSR count). The van der Waals surface area contributed by atoms with Gasteiger partial charge in [-0.25, -0.2) is 0 Å². The molecule has 1 saturated heterocycles. The lowest BCUT2D eigenvalue weighted by molar-refractivity contribution is 0.103. The zero-order chi connectivity index (χ0) is 18.6. The zero-order valence-electron chi connectivity index (χ0n) is 15.3. The van der Waals surface area contributed by atoms with Crippen molar-refractivity contribution in [2.45, 2.75) is 32.1 Å². The van der Waals surface area contributed by atoms with Gasteiger partial charge in [0.25, 0.3) is 0 Å². The van der Waals surface area contributed by atoms with Crippen LogP contribution in [0.3, 0.4) is 0 Å². The normalized spacial score (nSPS) is 13.6. The predicted molar refractivity (Wildman–Crippen MR) is 105 cm³/mol. The van der Waals surface area contributed by atoms with Crippen LogP contribution < -0.4 is 5.32 Å². The molecule has 1 fully saturated rings. The molecule has 140 valence electrons. The van der Waals surface area contributed by atoms with Crippen molar-refractivity contribution < 1.29 is 15.0 Å². The Bertz CT molecular complexity index is 618. The van der Waals surface area contributed by atoms with Crippen molar-refractivity contribution in [2.24, 2.45) is 0 Å². The van der Waals surface area contributed by atoms with Gasteiger partial charge in [0.15, 0.2) is 5.78 Å². The van der Waals surface area contributed by atoms with Crippen LogP contribution in [0.25, 0.3) is 0 Å². The molecule has 0 radical (unpaired) electrons. The number of piperidine rings is 1. The van der Waals surface area contributed by atoms with Crippen molar-refractivity contribution >= 4 is 5.78 Å². The number of hydrogen-bond acceptors (Lipinski definition) is 4. The van der Waals surface area contributed by atoms with Crippen LogP contribution >= 0.6 is 0 Å². The van der Waals surface area contributed by atoms with E-state index in [4.69, 9.17) is 10.2 Å². The maximum atomic E-state index is 12.7. The Hall–Kier alpha value is -2.01. The summed E-state index contributed by atoms with van der Waals surface area (Å²) in [6.07, 6.45) is 5.14. The van der Waals surface area contributed by atoms with Crippen molar-refractivity contribution in [3.05, 3.63) is 70.8 Å². The molecule has 4 heteroatoms. The van der Waals surface area contributed by atoms with E-state index in [1.807, 2.05) is 36.4 Å². The van der Waals surface area contributed by atoms with Crippen molar-refractivity contribution in [2.75, 3.05) is 26.3 Å². The third kappa shape index (κ3) is 6.06. The van der Waals surface area contributed by atoms with Gasteiger partial charge in [0, 0.05) is 24.3 Å². The first-order valence-corrected chi connectivity index (χ1v) is 9.41. The van der Waals surface area contributed by atoms with Crippen molar-refractivity contribution in [1.82, 2.24) is 5.32 Å². The Balaban J connectivity index is 0.000000342. The highest BCUT2D eigenvalue weighted by molar-refractivity contribution is 6.10. The molecule has 26 heavy (non-hydrogen) atoms. The number of aliphatic hydroxyl groups excluding tert-OH is 2. The number of carbonyl (C=O) groups excluding carboxylic acids is 1. The highest BCUT2D eigenvalue weighted by atomic mass is 16.3. The molecule has 0 aliphatic carbocycles. The van der Waals surface area contributed by atoms with Gasteiger partial charge in [-0.3, -0.25) is 4.79 Å². The minimum Gasteiger partial charge on any atom is -0.396 e. The van der Waals surface area contributed by atoms with E-state index in [-0.39, 0.29) is 19.0 Å². The first kappa shape index (κ1) is 20.3. The molecule has 0 spiro atoms. The maximum Gasteiger partial charge on any atom is 0.193 e. The van der Waals surface area contributed by atoms with E-state index < -0.39 is 0 Å². The van der Waals surface area contributed by atoms with E-state index in [1.165, 1.54) is 32.4 Å². The van der Waals surface area contributed by atoms with E-state index in [0.717, 1.165) is 11.1 Å². The number of hydrogen-bond donors (Lipinski definition) is 3. The second kappa shape index (κ2) is 11.6. The van der Waals surface area contributed by atoms with Crippen LogP contribution in [0.2, 0.25) is 0 Å². The standard InChI is InChI=1S/C17H18O3.C5H11N/c18-11-9-13-5-1-3-7-15(13)17(20)16-8-4-2-6-14(16)10-12-19;1-2-4-6-5-3-1/h1-8,18-19H,9-12H2;6H,1-5H2. The summed E-state index contributed by atoms with van der Waals surface area (Å²) in [6.45, 7) is 2.53.